The summed E-state index contributed by atoms with van der Waals surface area (Å²) in [5, 5.41) is 3.30. The van der Waals surface area contributed by atoms with Crippen molar-refractivity contribution >= 4 is 34.0 Å². The number of nitrogens with zero attached hydrogens (tertiary/aromatic N) is 3. The van der Waals surface area contributed by atoms with Gasteiger partial charge in [0.1, 0.15) is 5.65 Å². The maximum absolute atomic E-state index is 4.30. The van der Waals surface area contributed by atoms with Gasteiger partial charge in [-0.1, -0.05) is 12.2 Å². The lowest BCUT2D eigenvalue weighted by Gasteiger charge is -2.00. The van der Waals surface area contributed by atoms with Crippen molar-refractivity contribution < 1.29 is 0 Å². The van der Waals surface area contributed by atoms with Crippen molar-refractivity contribution in [3.8, 4) is 0 Å². The molecule has 4 rings (SSSR count). The van der Waals surface area contributed by atoms with E-state index >= 15 is 0 Å². The quantitative estimate of drug-likeness (QED) is 0.605. The van der Waals surface area contributed by atoms with E-state index in [9.17, 15) is 0 Å². The van der Waals surface area contributed by atoms with Crippen LogP contribution in [0.4, 0.5) is 0 Å². The molecule has 0 saturated carbocycles. The number of pyridine rings is 3. The number of nitrogens with one attached hydrogen (secondary N) is 1. The second-order valence-corrected chi connectivity index (χ2v) is 4.80. The van der Waals surface area contributed by atoms with Crippen molar-refractivity contribution in [2.75, 3.05) is 0 Å². The van der Waals surface area contributed by atoms with Gasteiger partial charge in [0.15, 0.2) is 0 Å². The first kappa shape index (κ1) is 11.8. The van der Waals surface area contributed by atoms with E-state index in [4.69, 9.17) is 0 Å². The van der Waals surface area contributed by atoms with Gasteiger partial charge in [-0.2, -0.15) is 0 Å². The van der Waals surface area contributed by atoms with Crippen LogP contribution < -0.4 is 0 Å². The summed E-state index contributed by atoms with van der Waals surface area (Å²) in [6, 6.07) is 6.01. The second kappa shape index (κ2) is 4.83. The largest absolute Gasteiger partial charge is 0.346 e. The number of rotatable bonds is 2. The molecule has 0 saturated heterocycles. The summed E-state index contributed by atoms with van der Waals surface area (Å²) in [6.45, 7) is 0. The fraction of sp³-hybridized carbons (Fsp3) is 0. The Hall–Kier alpha value is -3.01. The minimum Gasteiger partial charge on any atom is -0.346 e. The molecule has 100 valence electrons. The average Bonchev–Trinajstić information content (AvgIpc) is 2.96. The summed E-state index contributed by atoms with van der Waals surface area (Å²) in [4.78, 5) is 15.9. The highest BCUT2D eigenvalue weighted by atomic mass is 14.8. The van der Waals surface area contributed by atoms with Crippen LogP contribution in [0.3, 0.4) is 0 Å². The zero-order valence-corrected chi connectivity index (χ0v) is 11.2. The van der Waals surface area contributed by atoms with Gasteiger partial charge in [-0.05, 0) is 23.6 Å². The Morgan fingerprint density at radius 3 is 2.76 bits per heavy atom. The molecule has 4 heterocycles. The number of hydrogen-bond donors (Lipinski definition) is 1. The van der Waals surface area contributed by atoms with Gasteiger partial charge >= 0.3 is 0 Å². The molecule has 0 atom stereocenters. The van der Waals surface area contributed by atoms with E-state index in [1.54, 1.807) is 12.4 Å². The van der Waals surface area contributed by atoms with Crippen LogP contribution in [0.5, 0.6) is 0 Å². The number of H-pyrrole nitrogens is 1. The van der Waals surface area contributed by atoms with Crippen molar-refractivity contribution in [3.05, 3.63) is 66.5 Å². The first-order chi connectivity index (χ1) is 10.4. The van der Waals surface area contributed by atoms with Crippen LogP contribution in [0.25, 0.3) is 34.0 Å². The van der Waals surface area contributed by atoms with E-state index in [2.05, 4.69) is 38.2 Å². The maximum atomic E-state index is 4.30. The van der Waals surface area contributed by atoms with Crippen molar-refractivity contribution in [1.29, 1.82) is 0 Å². The molecule has 1 N–H and O–H groups in total. The van der Waals surface area contributed by atoms with Gasteiger partial charge < -0.3 is 4.98 Å². The normalized spacial score (nSPS) is 11.6. The van der Waals surface area contributed by atoms with Gasteiger partial charge in [-0.15, -0.1) is 0 Å². The molecule has 0 aromatic carbocycles. The zero-order valence-electron chi connectivity index (χ0n) is 11.2. The number of aromatic nitrogens is 4. The van der Waals surface area contributed by atoms with E-state index < -0.39 is 0 Å². The summed E-state index contributed by atoms with van der Waals surface area (Å²) >= 11 is 0. The van der Waals surface area contributed by atoms with Crippen LogP contribution in [-0.4, -0.2) is 19.9 Å². The Kier molecular flexibility index (Phi) is 2.71. The molecule has 0 aliphatic heterocycles. The predicted octanol–water partition coefficient (Wildman–Crippen LogP) is 3.68. The first-order valence-corrected chi connectivity index (χ1v) is 6.70. The molecule has 4 heteroatoms. The molecule has 0 amide bonds. The van der Waals surface area contributed by atoms with Gasteiger partial charge in [0.25, 0.3) is 0 Å². The van der Waals surface area contributed by atoms with E-state index in [1.807, 2.05) is 36.9 Å². The lowest BCUT2D eigenvalue weighted by atomic mass is 10.1. The smallest absolute Gasteiger partial charge is 0.137 e. The minimum atomic E-state index is 0.900. The number of hydrogen-bond acceptors (Lipinski definition) is 3. The lowest BCUT2D eigenvalue weighted by molar-refractivity contribution is 1.31. The highest BCUT2D eigenvalue weighted by molar-refractivity contribution is 5.94. The van der Waals surface area contributed by atoms with Crippen LogP contribution in [0.15, 0.2) is 55.4 Å². The third kappa shape index (κ3) is 2.07. The SMILES string of the molecule is C(=C\c1c[nH]c2ncccc12)/c1cncc2cnccc12. The second-order valence-electron chi connectivity index (χ2n) is 4.80. The summed E-state index contributed by atoms with van der Waals surface area (Å²) in [7, 11) is 0. The highest BCUT2D eigenvalue weighted by Crippen LogP contribution is 2.21. The summed E-state index contributed by atoms with van der Waals surface area (Å²) in [5.74, 6) is 0. The Labute approximate surface area is 121 Å². The van der Waals surface area contributed by atoms with Gasteiger partial charge in [-0.25, -0.2) is 4.98 Å². The molecule has 4 aromatic rings. The van der Waals surface area contributed by atoms with E-state index in [-0.39, 0.29) is 0 Å². The van der Waals surface area contributed by atoms with Crippen molar-refractivity contribution in [2.45, 2.75) is 0 Å². The van der Waals surface area contributed by atoms with Crippen LogP contribution in [0.2, 0.25) is 0 Å². The molecule has 0 aliphatic carbocycles. The lowest BCUT2D eigenvalue weighted by Crippen LogP contribution is -1.82. The molecule has 0 bridgehead atoms. The van der Waals surface area contributed by atoms with Gasteiger partial charge in [0.05, 0.1) is 0 Å². The number of fused-ring (bicyclic) bond motifs is 2. The van der Waals surface area contributed by atoms with Crippen LogP contribution in [-0.2, 0) is 0 Å². The summed E-state index contributed by atoms with van der Waals surface area (Å²) < 4.78 is 0. The molecular formula is C17H12N4. The van der Waals surface area contributed by atoms with Gasteiger partial charge in [-0.3, -0.25) is 9.97 Å². The predicted molar refractivity (Wildman–Crippen MR) is 84.6 cm³/mol. The van der Waals surface area contributed by atoms with Gasteiger partial charge in [0, 0.05) is 59.1 Å². The van der Waals surface area contributed by atoms with Crippen LogP contribution >= 0.6 is 0 Å². The standard InChI is InChI=1S/C17H12N4/c1-2-16-13(11-21-17(16)20-6-1)4-3-12-8-19-10-14-9-18-7-5-15(12)14/h1-11H,(H,20,21)/b4-3+. The molecule has 0 fully saturated rings. The Morgan fingerprint density at radius 2 is 1.76 bits per heavy atom. The fourth-order valence-corrected chi connectivity index (χ4v) is 2.47. The van der Waals surface area contributed by atoms with Crippen LogP contribution in [0, 0.1) is 0 Å². The Balaban J connectivity index is 1.81. The topological polar surface area (TPSA) is 54.5 Å². The van der Waals surface area contributed by atoms with E-state index in [0.29, 0.717) is 0 Å². The highest BCUT2D eigenvalue weighted by Gasteiger charge is 2.01. The van der Waals surface area contributed by atoms with Crippen LogP contribution in [0.1, 0.15) is 11.1 Å². The molecular weight excluding hydrogens is 260 g/mol. The molecule has 0 spiro atoms. The summed E-state index contributed by atoms with van der Waals surface area (Å²) in [6.07, 6.45) is 15.2. The van der Waals surface area contributed by atoms with Crippen molar-refractivity contribution in [2.24, 2.45) is 0 Å². The molecule has 0 aliphatic rings. The van der Waals surface area contributed by atoms with E-state index in [1.165, 1.54) is 0 Å². The van der Waals surface area contributed by atoms with Gasteiger partial charge in [0.2, 0.25) is 0 Å². The molecule has 4 aromatic heterocycles. The molecule has 0 unspecified atom stereocenters. The average molecular weight is 272 g/mol. The monoisotopic (exact) mass is 272 g/mol. The van der Waals surface area contributed by atoms with E-state index in [0.717, 1.165) is 32.9 Å². The third-order valence-corrected chi connectivity index (χ3v) is 3.52. The van der Waals surface area contributed by atoms with Crippen molar-refractivity contribution in [1.82, 2.24) is 19.9 Å². The summed E-state index contributed by atoms with van der Waals surface area (Å²) in [5.41, 5.74) is 3.09. The maximum Gasteiger partial charge on any atom is 0.137 e. The Morgan fingerprint density at radius 1 is 0.857 bits per heavy atom. The first-order valence-electron chi connectivity index (χ1n) is 6.70. The minimum absolute atomic E-state index is 0.900. The fourth-order valence-electron chi connectivity index (χ4n) is 2.47. The number of aromatic amines is 1. The molecule has 21 heavy (non-hydrogen) atoms. The third-order valence-electron chi connectivity index (χ3n) is 3.52. The zero-order chi connectivity index (χ0) is 14.1. The van der Waals surface area contributed by atoms with Crippen molar-refractivity contribution in [3.63, 3.8) is 0 Å². The Bertz CT molecular complexity index is 948. The molecule has 4 nitrogen and oxygen atoms in total. The molecule has 0 radical (unpaired) electrons.